The summed E-state index contributed by atoms with van der Waals surface area (Å²) in [5.41, 5.74) is 2.98. The molecule has 1 unspecified atom stereocenters. The smallest absolute Gasteiger partial charge is 0.300 e. The quantitative estimate of drug-likeness (QED) is 0.265. The molecule has 1 aliphatic rings. The molecule has 0 aliphatic carbocycles. The number of carbonyl (C=O) groups excluding carboxylic acids is 2. The van der Waals surface area contributed by atoms with Gasteiger partial charge in [-0.2, -0.15) is 0 Å². The predicted molar refractivity (Wildman–Crippen MR) is 138 cm³/mol. The molecule has 3 aromatic rings. The number of carbonyl (C=O) groups is 2. The molecule has 1 fully saturated rings. The van der Waals surface area contributed by atoms with Gasteiger partial charge in [0.2, 0.25) is 0 Å². The molecule has 1 atom stereocenters. The van der Waals surface area contributed by atoms with Crippen LogP contribution >= 0.6 is 11.6 Å². The summed E-state index contributed by atoms with van der Waals surface area (Å²) >= 11 is 6.25. The first kappa shape index (κ1) is 25.1. The number of aliphatic hydroxyl groups is 1. The molecule has 1 saturated heterocycles. The molecule has 1 N–H and O–H groups in total. The van der Waals surface area contributed by atoms with Gasteiger partial charge in [0.1, 0.15) is 23.0 Å². The average molecular weight is 508 g/mol. The number of halogens is 1. The highest BCUT2D eigenvalue weighted by molar-refractivity contribution is 6.52. The highest BCUT2D eigenvalue weighted by atomic mass is 35.5. The summed E-state index contributed by atoms with van der Waals surface area (Å²) in [6.45, 7) is 3.82. The number of para-hydroxylation sites is 1. The van der Waals surface area contributed by atoms with Gasteiger partial charge in [-0.3, -0.25) is 14.5 Å². The van der Waals surface area contributed by atoms with E-state index in [-0.39, 0.29) is 27.7 Å². The van der Waals surface area contributed by atoms with Crippen molar-refractivity contribution in [3.63, 3.8) is 0 Å². The Kier molecular flexibility index (Phi) is 6.95. The van der Waals surface area contributed by atoms with Crippen molar-refractivity contribution in [1.82, 2.24) is 0 Å². The molecule has 0 radical (unpaired) electrons. The normalized spacial score (nSPS) is 16.8. The number of hydrogen-bond acceptors (Lipinski definition) is 6. The summed E-state index contributed by atoms with van der Waals surface area (Å²) in [4.78, 5) is 28.5. The van der Waals surface area contributed by atoms with Crippen LogP contribution in [0.25, 0.3) is 5.76 Å². The standard InChI is InChI=1S/C28H26ClNO6/c1-15-10-11-20(16(2)12-15)30-25(17-8-6-7-9-21(17)34-3)24(27(32)28(30)33)26(31)18-13-23(36-5)19(29)14-22(18)35-4/h6-14,25,31H,1-5H3/b26-24+. The minimum absolute atomic E-state index is 0.104. The number of amides is 1. The average Bonchev–Trinajstić information content (AvgIpc) is 3.13. The third-order valence-corrected chi connectivity index (χ3v) is 6.51. The largest absolute Gasteiger partial charge is 0.507 e. The molecule has 3 aromatic carbocycles. The van der Waals surface area contributed by atoms with Gasteiger partial charge in [0, 0.05) is 17.3 Å². The van der Waals surface area contributed by atoms with Gasteiger partial charge in [-0.1, -0.05) is 47.5 Å². The number of ether oxygens (including phenoxy) is 3. The van der Waals surface area contributed by atoms with Crippen molar-refractivity contribution in [2.45, 2.75) is 19.9 Å². The SMILES string of the molecule is COc1cc(/C(O)=C2\C(=O)C(=O)N(c3ccc(C)cc3C)C2c2ccccc2OC)c(OC)cc1Cl. The summed E-state index contributed by atoms with van der Waals surface area (Å²) in [6, 6.07) is 14.7. The van der Waals surface area contributed by atoms with Crippen molar-refractivity contribution >= 4 is 34.7 Å². The maximum atomic E-state index is 13.5. The monoisotopic (exact) mass is 507 g/mol. The highest BCUT2D eigenvalue weighted by Crippen LogP contribution is 2.47. The minimum Gasteiger partial charge on any atom is -0.507 e. The van der Waals surface area contributed by atoms with Gasteiger partial charge in [0.25, 0.3) is 11.7 Å². The van der Waals surface area contributed by atoms with E-state index < -0.39 is 23.5 Å². The molecule has 7 nitrogen and oxygen atoms in total. The van der Waals surface area contributed by atoms with Crippen LogP contribution in [0.5, 0.6) is 17.2 Å². The zero-order valence-corrected chi connectivity index (χ0v) is 21.3. The van der Waals surface area contributed by atoms with Gasteiger partial charge >= 0.3 is 0 Å². The predicted octanol–water partition coefficient (Wildman–Crippen LogP) is 5.61. The second-order valence-electron chi connectivity index (χ2n) is 8.39. The van der Waals surface area contributed by atoms with Crippen LogP contribution < -0.4 is 19.1 Å². The summed E-state index contributed by atoms with van der Waals surface area (Å²) in [7, 11) is 4.36. The molecule has 36 heavy (non-hydrogen) atoms. The maximum absolute atomic E-state index is 13.5. The van der Waals surface area contributed by atoms with Crippen LogP contribution in [-0.2, 0) is 9.59 Å². The molecule has 1 aliphatic heterocycles. The van der Waals surface area contributed by atoms with Gasteiger partial charge in [0.05, 0.1) is 43.5 Å². The third-order valence-electron chi connectivity index (χ3n) is 6.22. The first-order chi connectivity index (χ1) is 17.2. The van der Waals surface area contributed by atoms with E-state index in [0.29, 0.717) is 17.0 Å². The fourth-order valence-corrected chi connectivity index (χ4v) is 4.76. The van der Waals surface area contributed by atoms with E-state index >= 15 is 0 Å². The van der Waals surface area contributed by atoms with Crippen LogP contribution in [0.1, 0.15) is 28.3 Å². The second kappa shape index (κ2) is 9.95. The Labute approximate surface area is 214 Å². The molecule has 0 aromatic heterocycles. The number of Topliss-reactive ketones (excluding diaryl/α,β-unsaturated/α-hetero) is 1. The molecule has 0 bridgehead atoms. The fourth-order valence-electron chi connectivity index (χ4n) is 4.53. The van der Waals surface area contributed by atoms with E-state index in [1.165, 1.54) is 38.4 Å². The molecular weight excluding hydrogens is 482 g/mol. The molecule has 0 saturated carbocycles. The van der Waals surface area contributed by atoms with Crippen LogP contribution in [0.4, 0.5) is 5.69 Å². The van der Waals surface area contributed by atoms with Crippen molar-refractivity contribution in [1.29, 1.82) is 0 Å². The maximum Gasteiger partial charge on any atom is 0.300 e. The van der Waals surface area contributed by atoms with Crippen LogP contribution in [0.2, 0.25) is 5.02 Å². The van der Waals surface area contributed by atoms with E-state index in [0.717, 1.165) is 11.1 Å². The van der Waals surface area contributed by atoms with E-state index in [1.807, 2.05) is 26.0 Å². The zero-order chi connectivity index (χ0) is 26.1. The van der Waals surface area contributed by atoms with Crippen molar-refractivity contribution in [2.75, 3.05) is 26.2 Å². The van der Waals surface area contributed by atoms with Crippen LogP contribution in [0, 0.1) is 13.8 Å². The van der Waals surface area contributed by atoms with Gasteiger partial charge in [-0.15, -0.1) is 0 Å². The van der Waals surface area contributed by atoms with Crippen molar-refractivity contribution < 1.29 is 28.9 Å². The number of aliphatic hydroxyl groups excluding tert-OH is 1. The Balaban J connectivity index is 2.05. The molecular formula is C28H26ClNO6. The van der Waals surface area contributed by atoms with Gasteiger partial charge < -0.3 is 19.3 Å². The number of benzene rings is 3. The Morgan fingerprint density at radius 2 is 1.56 bits per heavy atom. The van der Waals surface area contributed by atoms with E-state index in [4.69, 9.17) is 25.8 Å². The lowest BCUT2D eigenvalue weighted by Crippen LogP contribution is -2.30. The summed E-state index contributed by atoms with van der Waals surface area (Å²) < 4.78 is 16.3. The van der Waals surface area contributed by atoms with Crippen molar-refractivity contribution in [3.8, 4) is 17.2 Å². The topological polar surface area (TPSA) is 85.3 Å². The lowest BCUT2D eigenvalue weighted by molar-refractivity contribution is -0.132. The minimum atomic E-state index is -0.964. The third kappa shape index (κ3) is 4.16. The first-order valence-electron chi connectivity index (χ1n) is 11.2. The lowest BCUT2D eigenvalue weighted by Gasteiger charge is -2.28. The second-order valence-corrected chi connectivity index (χ2v) is 8.80. The number of hydrogen-bond donors (Lipinski definition) is 1. The van der Waals surface area contributed by atoms with Crippen LogP contribution in [0.3, 0.4) is 0 Å². The molecule has 4 rings (SSSR count). The van der Waals surface area contributed by atoms with Gasteiger partial charge in [-0.25, -0.2) is 0 Å². The molecule has 186 valence electrons. The summed E-state index contributed by atoms with van der Waals surface area (Å²) in [6.07, 6.45) is 0. The summed E-state index contributed by atoms with van der Waals surface area (Å²) in [5.74, 6) is -1.06. The Bertz CT molecular complexity index is 1400. The van der Waals surface area contributed by atoms with Crippen molar-refractivity contribution in [2.24, 2.45) is 0 Å². The van der Waals surface area contributed by atoms with Crippen LogP contribution in [0.15, 0.2) is 60.2 Å². The number of rotatable bonds is 6. The number of nitrogens with zero attached hydrogens (tertiary/aromatic N) is 1. The number of aryl methyl sites for hydroxylation is 2. The highest BCUT2D eigenvalue weighted by Gasteiger charge is 2.48. The Morgan fingerprint density at radius 1 is 0.889 bits per heavy atom. The van der Waals surface area contributed by atoms with Crippen molar-refractivity contribution in [3.05, 3.63) is 87.4 Å². The fraction of sp³-hybridized carbons (Fsp3) is 0.214. The molecule has 8 heteroatoms. The van der Waals surface area contributed by atoms with E-state index in [2.05, 4.69) is 0 Å². The van der Waals surface area contributed by atoms with E-state index in [1.54, 1.807) is 30.3 Å². The molecule has 1 heterocycles. The Hall–Kier alpha value is -3.97. The van der Waals surface area contributed by atoms with Gasteiger partial charge in [0.15, 0.2) is 0 Å². The molecule has 0 spiro atoms. The Morgan fingerprint density at radius 3 is 2.19 bits per heavy atom. The first-order valence-corrected chi connectivity index (χ1v) is 11.5. The molecule has 1 amide bonds. The van der Waals surface area contributed by atoms with Crippen LogP contribution in [-0.4, -0.2) is 38.1 Å². The summed E-state index contributed by atoms with van der Waals surface area (Å²) in [5, 5.41) is 11.8. The lowest BCUT2D eigenvalue weighted by atomic mass is 9.93. The number of methoxy groups -OCH3 is 3. The number of ketones is 1. The van der Waals surface area contributed by atoms with Gasteiger partial charge in [-0.05, 0) is 37.6 Å². The zero-order valence-electron chi connectivity index (χ0n) is 20.6. The number of anilines is 1. The van der Waals surface area contributed by atoms with E-state index in [9.17, 15) is 14.7 Å².